The Balaban J connectivity index is 4.04. The Morgan fingerprint density at radius 3 is 2.31 bits per heavy atom. The topological polar surface area (TPSA) is 56.0 Å². The molecule has 3 nitrogen and oxygen atoms in total. The predicted octanol–water partition coefficient (Wildman–Crippen LogP) is 1.29. The Bertz CT molecular complexity index is 162. The SMILES string of the molecule is CCC(CC)(CO)NCC(C)C#N. The maximum Gasteiger partial charge on any atom is 0.0666 e. The molecule has 0 saturated carbocycles. The van der Waals surface area contributed by atoms with Crippen LogP contribution in [0.1, 0.15) is 33.6 Å². The second-order valence-electron chi connectivity index (χ2n) is 3.56. The van der Waals surface area contributed by atoms with Crippen molar-refractivity contribution in [1.29, 1.82) is 5.26 Å². The summed E-state index contributed by atoms with van der Waals surface area (Å²) in [4.78, 5) is 0. The Labute approximate surface area is 80.8 Å². The molecule has 0 aromatic heterocycles. The summed E-state index contributed by atoms with van der Waals surface area (Å²) in [5.41, 5.74) is -0.189. The summed E-state index contributed by atoms with van der Waals surface area (Å²) >= 11 is 0. The first-order valence-corrected chi connectivity index (χ1v) is 4.89. The fourth-order valence-electron chi connectivity index (χ4n) is 1.19. The summed E-state index contributed by atoms with van der Waals surface area (Å²) in [7, 11) is 0. The third-order valence-electron chi connectivity index (χ3n) is 2.66. The Morgan fingerprint density at radius 1 is 1.46 bits per heavy atom. The van der Waals surface area contributed by atoms with Gasteiger partial charge in [0.1, 0.15) is 0 Å². The molecule has 0 fully saturated rings. The van der Waals surface area contributed by atoms with Gasteiger partial charge in [-0.25, -0.2) is 0 Å². The molecule has 0 aliphatic carbocycles. The number of nitriles is 1. The highest BCUT2D eigenvalue weighted by atomic mass is 16.3. The van der Waals surface area contributed by atoms with E-state index in [0.29, 0.717) is 6.54 Å². The highest BCUT2D eigenvalue weighted by Gasteiger charge is 2.24. The summed E-state index contributed by atoms with van der Waals surface area (Å²) in [5, 5.41) is 21.1. The molecule has 0 saturated heterocycles. The normalized spacial score (nSPS) is 13.8. The van der Waals surface area contributed by atoms with Crippen LogP contribution in [0, 0.1) is 17.2 Å². The van der Waals surface area contributed by atoms with Gasteiger partial charge < -0.3 is 10.4 Å². The molecule has 0 bridgehead atoms. The van der Waals surface area contributed by atoms with Gasteiger partial charge in [-0.1, -0.05) is 13.8 Å². The quantitative estimate of drug-likeness (QED) is 0.654. The van der Waals surface area contributed by atoms with Gasteiger partial charge in [0.25, 0.3) is 0 Å². The third-order valence-corrected chi connectivity index (χ3v) is 2.66. The lowest BCUT2D eigenvalue weighted by Crippen LogP contribution is -2.48. The third kappa shape index (κ3) is 3.75. The lowest BCUT2D eigenvalue weighted by molar-refractivity contribution is 0.149. The van der Waals surface area contributed by atoms with E-state index in [2.05, 4.69) is 11.4 Å². The van der Waals surface area contributed by atoms with Crippen molar-refractivity contribution in [3.63, 3.8) is 0 Å². The summed E-state index contributed by atoms with van der Waals surface area (Å²) in [5.74, 6) is 0.00373. The second kappa shape index (κ2) is 5.95. The minimum Gasteiger partial charge on any atom is -0.394 e. The number of hydrogen-bond acceptors (Lipinski definition) is 3. The van der Waals surface area contributed by atoms with Crippen LogP contribution >= 0.6 is 0 Å². The van der Waals surface area contributed by atoms with E-state index >= 15 is 0 Å². The Morgan fingerprint density at radius 2 is 2.00 bits per heavy atom. The lowest BCUT2D eigenvalue weighted by atomic mass is 9.93. The van der Waals surface area contributed by atoms with E-state index in [0.717, 1.165) is 12.8 Å². The van der Waals surface area contributed by atoms with E-state index in [9.17, 15) is 5.11 Å². The molecular weight excluding hydrogens is 164 g/mol. The molecule has 13 heavy (non-hydrogen) atoms. The fraction of sp³-hybridized carbons (Fsp3) is 0.900. The Hall–Kier alpha value is -0.590. The van der Waals surface area contributed by atoms with E-state index in [4.69, 9.17) is 5.26 Å². The summed E-state index contributed by atoms with van der Waals surface area (Å²) in [6.07, 6.45) is 1.77. The molecular formula is C10H20N2O. The maximum absolute atomic E-state index is 9.22. The molecule has 0 radical (unpaired) electrons. The number of hydrogen-bond donors (Lipinski definition) is 2. The van der Waals surface area contributed by atoms with Crippen LogP contribution in [0.3, 0.4) is 0 Å². The van der Waals surface area contributed by atoms with Gasteiger partial charge in [-0.05, 0) is 19.8 Å². The highest BCUT2D eigenvalue weighted by Crippen LogP contribution is 2.14. The van der Waals surface area contributed by atoms with Crippen molar-refractivity contribution in [2.24, 2.45) is 5.92 Å². The van der Waals surface area contributed by atoms with E-state index in [1.54, 1.807) is 0 Å². The van der Waals surface area contributed by atoms with Crippen LogP contribution in [0.15, 0.2) is 0 Å². The van der Waals surface area contributed by atoms with Crippen LogP contribution in [-0.2, 0) is 0 Å². The summed E-state index contributed by atoms with van der Waals surface area (Å²) < 4.78 is 0. The molecule has 0 heterocycles. The van der Waals surface area contributed by atoms with Crippen molar-refractivity contribution in [2.75, 3.05) is 13.2 Å². The monoisotopic (exact) mass is 184 g/mol. The zero-order valence-corrected chi connectivity index (χ0v) is 8.80. The average Bonchev–Trinajstić information content (AvgIpc) is 2.20. The van der Waals surface area contributed by atoms with Crippen LogP contribution in [0.5, 0.6) is 0 Å². The van der Waals surface area contributed by atoms with Gasteiger partial charge >= 0.3 is 0 Å². The summed E-state index contributed by atoms with van der Waals surface area (Å²) in [6.45, 7) is 6.75. The van der Waals surface area contributed by atoms with Crippen LogP contribution < -0.4 is 5.32 Å². The van der Waals surface area contributed by atoms with Crippen LogP contribution in [0.4, 0.5) is 0 Å². The molecule has 1 unspecified atom stereocenters. The number of nitrogens with one attached hydrogen (secondary N) is 1. The van der Waals surface area contributed by atoms with Gasteiger partial charge in [0.2, 0.25) is 0 Å². The molecule has 0 aliphatic rings. The molecule has 0 aromatic carbocycles. The number of nitrogens with zero attached hydrogens (tertiary/aromatic N) is 1. The maximum atomic E-state index is 9.22. The van der Waals surface area contributed by atoms with Crippen molar-refractivity contribution in [3.05, 3.63) is 0 Å². The van der Waals surface area contributed by atoms with Gasteiger partial charge in [-0.3, -0.25) is 0 Å². The van der Waals surface area contributed by atoms with Crippen molar-refractivity contribution in [2.45, 2.75) is 39.2 Å². The smallest absolute Gasteiger partial charge is 0.0666 e. The first-order valence-electron chi connectivity index (χ1n) is 4.89. The number of rotatable bonds is 6. The first kappa shape index (κ1) is 12.4. The molecule has 0 rings (SSSR count). The fourth-order valence-corrected chi connectivity index (χ4v) is 1.19. The number of aliphatic hydroxyl groups excluding tert-OH is 1. The van der Waals surface area contributed by atoms with Crippen molar-refractivity contribution in [1.82, 2.24) is 5.32 Å². The standard InChI is InChI=1S/C10H20N2O/c1-4-10(5-2,8-13)12-7-9(3)6-11/h9,12-13H,4-5,7-8H2,1-3H3. The van der Waals surface area contributed by atoms with Crippen LogP contribution in [-0.4, -0.2) is 23.8 Å². The highest BCUT2D eigenvalue weighted by molar-refractivity contribution is 4.88. The minimum absolute atomic E-state index is 0.00373. The van der Waals surface area contributed by atoms with E-state index in [-0.39, 0.29) is 18.1 Å². The van der Waals surface area contributed by atoms with Crippen LogP contribution in [0.25, 0.3) is 0 Å². The second-order valence-corrected chi connectivity index (χ2v) is 3.56. The molecule has 2 N–H and O–H groups in total. The summed E-state index contributed by atoms with van der Waals surface area (Å²) in [6, 6.07) is 2.17. The zero-order chi connectivity index (χ0) is 10.3. The Kier molecular flexibility index (Phi) is 5.68. The van der Waals surface area contributed by atoms with E-state index < -0.39 is 0 Å². The lowest BCUT2D eigenvalue weighted by Gasteiger charge is -2.31. The molecule has 76 valence electrons. The van der Waals surface area contributed by atoms with E-state index in [1.807, 2.05) is 20.8 Å². The average molecular weight is 184 g/mol. The zero-order valence-electron chi connectivity index (χ0n) is 8.80. The molecule has 0 aromatic rings. The van der Waals surface area contributed by atoms with Gasteiger partial charge in [-0.15, -0.1) is 0 Å². The molecule has 3 heteroatoms. The largest absolute Gasteiger partial charge is 0.394 e. The van der Waals surface area contributed by atoms with Gasteiger partial charge in [0, 0.05) is 12.1 Å². The predicted molar refractivity (Wildman–Crippen MR) is 53.2 cm³/mol. The first-order chi connectivity index (χ1) is 6.14. The van der Waals surface area contributed by atoms with E-state index in [1.165, 1.54) is 0 Å². The molecule has 0 amide bonds. The van der Waals surface area contributed by atoms with Crippen molar-refractivity contribution >= 4 is 0 Å². The van der Waals surface area contributed by atoms with Gasteiger partial charge in [0.15, 0.2) is 0 Å². The van der Waals surface area contributed by atoms with Crippen molar-refractivity contribution < 1.29 is 5.11 Å². The number of aliphatic hydroxyl groups is 1. The molecule has 1 atom stereocenters. The molecule has 0 aliphatic heterocycles. The van der Waals surface area contributed by atoms with Gasteiger partial charge in [0.05, 0.1) is 18.6 Å². The van der Waals surface area contributed by atoms with Gasteiger partial charge in [-0.2, -0.15) is 5.26 Å². The van der Waals surface area contributed by atoms with Crippen molar-refractivity contribution in [3.8, 4) is 6.07 Å². The minimum atomic E-state index is -0.189. The molecule has 0 spiro atoms. The van der Waals surface area contributed by atoms with Crippen LogP contribution in [0.2, 0.25) is 0 Å².